The summed E-state index contributed by atoms with van der Waals surface area (Å²) in [5.74, 6) is 4.54. The Morgan fingerprint density at radius 2 is 0.691 bits per heavy atom. The second kappa shape index (κ2) is 41.0. The van der Waals surface area contributed by atoms with E-state index < -0.39 is 0 Å². The molecule has 0 aliphatic heterocycles. The number of benzene rings is 10. The summed E-state index contributed by atoms with van der Waals surface area (Å²) >= 11 is 0. The van der Waals surface area contributed by atoms with Crippen molar-refractivity contribution in [2.24, 2.45) is 0 Å². The van der Waals surface area contributed by atoms with Gasteiger partial charge < -0.3 is 31.3 Å². The lowest BCUT2D eigenvalue weighted by Crippen LogP contribution is -2.17. The number of H-pyrrole nitrogens is 5. The maximum Gasteiger partial charge on any atom is 0.274 e. The van der Waals surface area contributed by atoms with E-state index in [0.717, 1.165) is 79.4 Å². The molecule has 20 aromatic rings. The van der Waals surface area contributed by atoms with Crippen LogP contribution in [0.25, 0.3) is 85.8 Å². The summed E-state index contributed by atoms with van der Waals surface area (Å²) in [6, 6.07) is 81.2. The van der Waals surface area contributed by atoms with Crippen molar-refractivity contribution in [3.8, 4) is 62.7 Å². The SMILES string of the molecule is CCc1ccccc1NCc1cc(=O)n2[nH]c(-c3ccc(C)cc3)nc2n1.COc1ccc(-c2nc3nc(CNc4ccccc4F)cc(=O)n3[nH]2)cc1.Cc1cccc(C)c1NCc1cc(=O)n2[nH]c(-c3ccc(C(C)(C)C)cc3)nc2n1.Cc1cccc(NCc2cc(=O)n3[nH]c(-c4ccc(F)cc4)nc3n2)c1C.Cc1ccccc1-c1nc2nc(CNc3ccccc3)cc(=O)n2[nH]1. The first-order valence-electron chi connectivity index (χ1n) is 44.0. The number of nitrogens with one attached hydrogen (secondary N) is 10. The molecule has 0 aliphatic carbocycles. The van der Waals surface area contributed by atoms with Crippen LogP contribution in [0.5, 0.6) is 5.75 Å². The van der Waals surface area contributed by atoms with Gasteiger partial charge in [0.2, 0.25) is 0 Å². The number of nitrogens with zero attached hydrogens (tertiary/aromatic N) is 15. The maximum atomic E-state index is 13.7. The van der Waals surface area contributed by atoms with E-state index in [2.05, 4.69) is 187 Å². The van der Waals surface area contributed by atoms with Gasteiger partial charge in [0.15, 0.2) is 29.1 Å². The number of ether oxygens (including phenoxy) is 1. The van der Waals surface area contributed by atoms with Crippen molar-refractivity contribution in [1.82, 2.24) is 97.9 Å². The van der Waals surface area contributed by atoms with Gasteiger partial charge >= 0.3 is 0 Å². The van der Waals surface area contributed by atoms with Crippen molar-refractivity contribution >= 4 is 57.3 Å². The molecular formula is C103H99F2N25O6. The van der Waals surface area contributed by atoms with Crippen LogP contribution < -0.4 is 59.1 Å². The Morgan fingerprint density at radius 3 is 1.15 bits per heavy atom. The monoisotopic (exact) mass is 1820 g/mol. The van der Waals surface area contributed by atoms with E-state index in [4.69, 9.17) is 4.74 Å². The van der Waals surface area contributed by atoms with Gasteiger partial charge in [-0.2, -0.15) is 47.5 Å². The van der Waals surface area contributed by atoms with E-state index in [0.29, 0.717) is 112 Å². The van der Waals surface area contributed by atoms with E-state index in [-0.39, 0.29) is 62.9 Å². The Kier molecular flexibility index (Phi) is 27.7. The van der Waals surface area contributed by atoms with Gasteiger partial charge in [-0.25, -0.2) is 33.7 Å². The lowest BCUT2D eigenvalue weighted by molar-refractivity contribution is 0.415. The number of fused-ring (bicyclic) bond motifs is 5. The summed E-state index contributed by atoms with van der Waals surface area (Å²) in [5.41, 5.74) is 20.2. The molecule has 0 unspecified atom stereocenters. The molecule has 10 aromatic carbocycles. The fourth-order valence-electron chi connectivity index (χ4n) is 14.9. The zero-order valence-corrected chi connectivity index (χ0v) is 76.6. The number of aromatic amines is 5. The van der Waals surface area contributed by atoms with Gasteiger partial charge in [0.25, 0.3) is 56.7 Å². The zero-order chi connectivity index (χ0) is 95.3. The highest BCUT2D eigenvalue weighted by atomic mass is 19.1. The van der Waals surface area contributed by atoms with Crippen LogP contribution in [0.4, 0.5) is 37.2 Å². The number of aromatic nitrogens is 20. The highest BCUT2D eigenvalue weighted by Crippen LogP contribution is 2.29. The van der Waals surface area contributed by atoms with Crippen LogP contribution in [0.2, 0.25) is 0 Å². The van der Waals surface area contributed by atoms with Crippen LogP contribution in [0.3, 0.4) is 0 Å². The standard InChI is InChI=1S/C24H27N5O.C21H21N5O.C20H18FN5O.C19H16FN5O2.C19H17N5O/c1-15-7-6-8-16(2)21(15)25-14-19-13-20(30)29-23(26-19)27-22(28-29)17-9-11-18(12-10-17)24(3,4)5;1-3-15-6-4-5-7-18(15)22-13-17-12-19(27)26-21(23-17)24-20(25-26)16-10-8-14(2)9-11-16;1-12-4-3-5-17(13(12)2)22-11-16-10-18(27)26-20(23-16)24-19(25-26)14-6-8-15(21)9-7-14;1-27-14-8-6-12(7-9-14)18-23-19-22-13(10-17(26)25(19)24-18)11-21-16-5-3-2-4-15(16)20;1-13-7-5-6-10-16(13)18-22-19-21-15(11-17(25)24(19)23-18)12-20-14-8-3-2-4-9-14/h6-13,25H,14H2,1-5H3,(H,26,27,28);4-12,22H,3,13H2,1-2H3,(H,23,24,25);3-10,22H,11H2,1-2H3,(H,23,24,25);2-10,21H,11H2,1H3,(H,22,23,24);2-11,20H,12H2,1H3,(H,21,22,23). The third kappa shape index (κ3) is 21.9. The van der Waals surface area contributed by atoms with Crippen LogP contribution in [0, 0.1) is 53.2 Å². The van der Waals surface area contributed by atoms with E-state index in [1.165, 1.54) is 93.4 Å². The van der Waals surface area contributed by atoms with Gasteiger partial charge in [-0.3, -0.25) is 49.5 Å². The third-order valence-corrected chi connectivity index (χ3v) is 22.6. The first kappa shape index (κ1) is 91.9. The number of methoxy groups -OCH3 is 1. The fourth-order valence-corrected chi connectivity index (χ4v) is 14.9. The van der Waals surface area contributed by atoms with Gasteiger partial charge in [0.05, 0.1) is 74.0 Å². The molecule has 0 amide bonds. The third-order valence-electron chi connectivity index (χ3n) is 22.6. The van der Waals surface area contributed by atoms with Crippen molar-refractivity contribution in [1.29, 1.82) is 0 Å². The van der Waals surface area contributed by atoms with Gasteiger partial charge in [-0.1, -0.05) is 185 Å². The van der Waals surface area contributed by atoms with Crippen molar-refractivity contribution in [2.75, 3.05) is 33.7 Å². The molecule has 0 radical (unpaired) electrons. The second-order valence-corrected chi connectivity index (χ2v) is 33.3. The van der Waals surface area contributed by atoms with Crippen LogP contribution in [-0.4, -0.2) is 105 Å². The minimum atomic E-state index is -0.364. The molecule has 10 heterocycles. The number of hydrogen-bond donors (Lipinski definition) is 10. The summed E-state index contributed by atoms with van der Waals surface area (Å²) in [5, 5.41) is 31.2. The minimum Gasteiger partial charge on any atom is -0.497 e. The fraction of sp³-hybridized carbons (Fsp3) is 0.175. The van der Waals surface area contributed by atoms with Gasteiger partial charge in [0.1, 0.15) is 17.4 Å². The Bertz CT molecular complexity index is 7970. The Balaban J connectivity index is 0.000000123. The molecule has 0 spiro atoms. The quantitative estimate of drug-likeness (QED) is 0.0301. The Labute approximate surface area is 778 Å². The molecule has 10 N–H and O–H groups in total. The van der Waals surface area contributed by atoms with Crippen LogP contribution in [0.15, 0.2) is 291 Å². The van der Waals surface area contributed by atoms with E-state index in [1.54, 1.807) is 37.4 Å². The van der Waals surface area contributed by atoms with Crippen molar-refractivity contribution in [3.05, 3.63) is 403 Å². The molecule has 0 bridgehead atoms. The Hall–Kier alpha value is -17.4. The van der Waals surface area contributed by atoms with Gasteiger partial charge in [-0.05, 0) is 177 Å². The van der Waals surface area contributed by atoms with Crippen molar-refractivity contribution in [2.45, 2.75) is 114 Å². The number of para-hydroxylation sites is 4. The molecular weight excluding hydrogens is 1720 g/mol. The number of halogens is 2. The predicted molar refractivity (Wildman–Crippen MR) is 527 cm³/mol. The van der Waals surface area contributed by atoms with Crippen LogP contribution >= 0.6 is 0 Å². The molecule has 0 saturated carbocycles. The summed E-state index contributed by atoms with van der Waals surface area (Å²) in [6.07, 6.45) is 0.942. The predicted octanol–water partition coefficient (Wildman–Crippen LogP) is 17.5. The normalized spacial score (nSPS) is 11.2. The van der Waals surface area contributed by atoms with Crippen LogP contribution in [0.1, 0.15) is 101 Å². The summed E-state index contributed by atoms with van der Waals surface area (Å²) in [7, 11) is 1.59. The highest BCUT2D eigenvalue weighted by molar-refractivity contribution is 5.65. The van der Waals surface area contributed by atoms with E-state index in [1.807, 2.05) is 172 Å². The van der Waals surface area contributed by atoms with Gasteiger partial charge in [0, 0.05) is 80.9 Å². The van der Waals surface area contributed by atoms with E-state index >= 15 is 0 Å². The lowest BCUT2D eigenvalue weighted by Gasteiger charge is -2.18. The number of aryl methyl sites for hydroxylation is 6. The van der Waals surface area contributed by atoms with Crippen LogP contribution in [-0.2, 0) is 44.6 Å². The Morgan fingerprint density at radius 1 is 0.338 bits per heavy atom. The summed E-state index contributed by atoms with van der Waals surface area (Å²) < 4.78 is 38.6. The number of anilines is 5. The number of hydrogen-bond acceptors (Lipinski definition) is 21. The zero-order valence-electron chi connectivity index (χ0n) is 76.6. The molecule has 0 aliphatic rings. The highest BCUT2D eigenvalue weighted by Gasteiger charge is 2.20. The first-order valence-corrected chi connectivity index (χ1v) is 44.0. The molecule has 20 rings (SSSR count). The topological polar surface area (TPSA) is 385 Å². The molecule has 136 heavy (non-hydrogen) atoms. The largest absolute Gasteiger partial charge is 0.497 e. The molecule has 33 heteroatoms. The van der Waals surface area contributed by atoms with E-state index in [9.17, 15) is 32.8 Å². The second-order valence-electron chi connectivity index (χ2n) is 33.3. The summed E-state index contributed by atoms with van der Waals surface area (Å²) in [6.45, 7) is 22.9. The van der Waals surface area contributed by atoms with Crippen molar-refractivity contribution in [3.63, 3.8) is 0 Å². The molecule has 0 fully saturated rings. The average Bonchev–Trinajstić information content (AvgIpc) is 1.67. The maximum absolute atomic E-state index is 13.7. The lowest BCUT2D eigenvalue weighted by atomic mass is 9.87. The minimum absolute atomic E-state index is 0.0856. The summed E-state index contributed by atoms with van der Waals surface area (Å²) in [4.78, 5) is 107. The molecule has 0 atom stereocenters. The van der Waals surface area contributed by atoms with Crippen molar-refractivity contribution < 1.29 is 13.5 Å². The molecule has 686 valence electrons. The molecule has 10 aromatic heterocycles. The molecule has 31 nitrogen and oxygen atoms in total. The first-order chi connectivity index (χ1) is 65.7. The smallest absolute Gasteiger partial charge is 0.274 e. The average molecular weight is 1820 g/mol. The number of rotatable bonds is 22. The van der Waals surface area contributed by atoms with Gasteiger partial charge in [-0.15, -0.1) is 0 Å². The molecule has 0 saturated heterocycles.